The minimum Gasteiger partial charge on any atom is -0.343 e. The highest BCUT2D eigenvalue weighted by Gasteiger charge is 2.41. The van der Waals surface area contributed by atoms with Gasteiger partial charge in [0.15, 0.2) is 5.78 Å². The van der Waals surface area contributed by atoms with E-state index in [4.69, 9.17) is 9.47 Å². The molecule has 1 aromatic carbocycles. The number of ketones is 1. The maximum Gasteiger partial charge on any atom is 0.288 e. The average Bonchev–Trinajstić information content (AvgIpc) is 2.72. The molecule has 0 amide bonds. The number of ether oxygens (including phenoxy) is 2. The number of Topliss-reactive ketones (excluding diaryl/α,β-unsaturated/α-hetero) is 1. The molecule has 17 heavy (non-hydrogen) atoms. The highest BCUT2D eigenvalue weighted by molar-refractivity contribution is 5.96. The second kappa shape index (κ2) is 4.96. The summed E-state index contributed by atoms with van der Waals surface area (Å²) in [6, 6.07) is 8.81. The third-order valence-electron chi connectivity index (χ3n) is 2.78. The molecular weight excluding hydrogens is 220 g/mol. The normalized spacial score (nSPS) is 28.2. The van der Waals surface area contributed by atoms with Gasteiger partial charge in [-0.1, -0.05) is 37.3 Å². The summed E-state index contributed by atoms with van der Waals surface area (Å²) in [5, 5.41) is 9.96. The summed E-state index contributed by atoms with van der Waals surface area (Å²) in [5.41, 5.74) is 0.549. The van der Waals surface area contributed by atoms with Crippen molar-refractivity contribution in [3.05, 3.63) is 35.9 Å². The van der Waals surface area contributed by atoms with Gasteiger partial charge < -0.3 is 14.6 Å². The molecule has 0 radical (unpaired) electrons. The van der Waals surface area contributed by atoms with Gasteiger partial charge in [0.2, 0.25) is 0 Å². The highest BCUT2D eigenvalue weighted by atomic mass is 16.9. The molecule has 1 fully saturated rings. The van der Waals surface area contributed by atoms with Gasteiger partial charge in [0.25, 0.3) is 5.97 Å². The maximum atomic E-state index is 11.9. The summed E-state index contributed by atoms with van der Waals surface area (Å²) in [7, 11) is 0. The zero-order valence-corrected chi connectivity index (χ0v) is 9.76. The van der Waals surface area contributed by atoms with Gasteiger partial charge in [-0.25, -0.2) is 0 Å². The summed E-state index contributed by atoms with van der Waals surface area (Å²) in [6.07, 6.45) is 0.443. The number of carbonyl (C=O) groups excluding carboxylic acids is 1. The molecule has 92 valence electrons. The second-order valence-corrected chi connectivity index (χ2v) is 4.14. The largest absolute Gasteiger partial charge is 0.343 e. The zero-order valence-electron chi connectivity index (χ0n) is 9.76. The Bertz CT molecular complexity index is 390. The predicted molar refractivity (Wildman–Crippen MR) is 61.5 cm³/mol. The Hall–Kier alpha value is -1.23. The molecule has 2 rings (SSSR count). The number of rotatable bonds is 4. The van der Waals surface area contributed by atoms with Crippen molar-refractivity contribution in [2.75, 3.05) is 6.61 Å². The van der Waals surface area contributed by atoms with Gasteiger partial charge in [-0.05, 0) is 6.42 Å². The molecule has 1 aliphatic heterocycles. The van der Waals surface area contributed by atoms with E-state index in [1.54, 1.807) is 24.3 Å². The van der Waals surface area contributed by atoms with Gasteiger partial charge >= 0.3 is 0 Å². The molecule has 0 saturated carbocycles. The summed E-state index contributed by atoms with van der Waals surface area (Å²) in [4.78, 5) is 11.9. The summed E-state index contributed by atoms with van der Waals surface area (Å²) in [5.74, 6) is -1.95. The SMILES string of the molecule is CCC1COC(O)(CC(=O)c2ccccc2)O1. The fourth-order valence-corrected chi connectivity index (χ4v) is 1.77. The summed E-state index contributed by atoms with van der Waals surface area (Å²) in [6.45, 7) is 2.27. The van der Waals surface area contributed by atoms with Gasteiger partial charge in [-0.15, -0.1) is 0 Å². The predicted octanol–water partition coefficient (Wildman–Crippen LogP) is 1.73. The van der Waals surface area contributed by atoms with Crippen molar-refractivity contribution in [1.29, 1.82) is 0 Å². The van der Waals surface area contributed by atoms with Gasteiger partial charge in [-0.2, -0.15) is 0 Å². The first-order valence-corrected chi connectivity index (χ1v) is 5.75. The quantitative estimate of drug-likeness (QED) is 0.809. The molecule has 2 atom stereocenters. The molecular formula is C13H16O4. The molecule has 1 saturated heterocycles. The van der Waals surface area contributed by atoms with Crippen LogP contribution in [0.5, 0.6) is 0 Å². The fourth-order valence-electron chi connectivity index (χ4n) is 1.77. The summed E-state index contributed by atoms with van der Waals surface area (Å²) < 4.78 is 10.5. The van der Waals surface area contributed by atoms with Gasteiger partial charge in [-0.3, -0.25) is 4.79 Å². The number of carbonyl (C=O) groups is 1. The van der Waals surface area contributed by atoms with Crippen LogP contribution in [0.25, 0.3) is 0 Å². The zero-order chi connectivity index (χ0) is 12.3. The van der Waals surface area contributed by atoms with Gasteiger partial charge in [0.1, 0.15) is 0 Å². The Kier molecular flexibility index (Phi) is 3.57. The van der Waals surface area contributed by atoms with E-state index in [0.717, 1.165) is 6.42 Å². The molecule has 1 heterocycles. The van der Waals surface area contributed by atoms with Crippen molar-refractivity contribution in [2.24, 2.45) is 0 Å². The third-order valence-corrected chi connectivity index (χ3v) is 2.78. The molecule has 4 heteroatoms. The Labute approximate surface area is 100 Å². The van der Waals surface area contributed by atoms with E-state index in [0.29, 0.717) is 12.2 Å². The van der Waals surface area contributed by atoms with E-state index in [-0.39, 0.29) is 18.3 Å². The van der Waals surface area contributed by atoms with Gasteiger partial charge in [0, 0.05) is 5.56 Å². The maximum absolute atomic E-state index is 11.9. The molecule has 4 nitrogen and oxygen atoms in total. The van der Waals surface area contributed by atoms with E-state index in [2.05, 4.69) is 0 Å². The number of hydrogen-bond acceptors (Lipinski definition) is 4. The van der Waals surface area contributed by atoms with Crippen LogP contribution in [-0.4, -0.2) is 29.6 Å². The molecule has 1 aromatic rings. The van der Waals surface area contributed by atoms with Crippen molar-refractivity contribution < 1.29 is 19.4 Å². The lowest BCUT2D eigenvalue weighted by atomic mass is 10.1. The number of benzene rings is 1. The minimum absolute atomic E-state index is 0.136. The van der Waals surface area contributed by atoms with Gasteiger partial charge in [0.05, 0.1) is 19.1 Å². The van der Waals surface area contributed by atoms with Crippen molar-refractivity contribution >= 4 is 5.78 Å². The minimum atomic E-state index is -1.76. The molecule has 0 aromatic heterocycles. The van der Waals surface area contributed by atoms with E-state index < -0.39 is 5.97 Å². The molecule has 0 bridgehead atoms. The van der Waals surface area contributed by atoms with Crippen LogP contribution in [0, 0.1) is 0 Å². The van der Waals surface area contributed by atoms with Crippen LogP contribution in [0.3, 0.4) is 0 Å². The first-order chi connectivity index (χ1) is 8.13. The van der Waals surface area contributed by atoms with Crippen LogP contribution in [0.2, 0.25) is 0 Å². The fraction of sp³-hybridized carbons (Fsp3) is 0.462. The Morgan fingerprint density at radius 1 is 1.47 bits per heavy atom. The second-order valence-electron chi connectivity index (χ2n) is 4.14. The first-order valence-electron chi connectivity index (χ1n) is 5.75. The third kappa shape index (κ3) is 2.91. The average molecular weight is 236 g/mol. The Balaban J connectivity index is 2.00. The van der Waals surface area contributed by atoms with Crippen molar-refractivity contribution in [1.82, 2.24) is 0 Å². The first kappa shape index (κ1) is 12.2. The smallest absolute Gasteiger partial charge is 0.288 e. The van der Waals surface area contributed by atoms with Crippen LogP contribution < -0.4 is 0 Å². The lowest BCUT2D eigenvalue weighted by molar-refractivity contribution is -0.307. The Morgan fingerprint density at radius 3 is 2.76 bits per heavy atom. The number of hydrogen-bond donors (Lipinski definition) is 1. The lowest BCUT2D eigenvalue weighted by Crippen LogP contribution is -2.33. The van der Waals surface area contributed by atoms with Crippen LogP contribution in [-0.2, 0) is 9.47 Å². The van der Waals surface area contributed by atoms with Crippen LogP contribution in [0.4, 0.5) is 0 Å². The van der Waals surface area contributed by atoms with Crippen LogP contribution in [0.1, 0.15) is 30.1 Å². The van der Waals surface area contributed by atoms with Crippen LogP contribution >= 0.6 is 0 Å². The van der Waals surface area contributed by atoms with Crippen LogP contribution in [0.15, 0.2) is 30.3 Å². The van der Waals surface area contributed by atoms with E-state index in [9.17, 15) is 9.90 Å². The van der Waals surface area contributed by atoms with E-state index in [1.807, 2.05) is 13.0 Å². The van der Waals surface area contributed by atoms with Crippen molar-refractivity contribution in [3.63, 3.8) is 0 Å². The molecule has 1 aliphatic rings. The van der Waals surface area contributed by atoms with E-state index in [1.165, 1.54) is 0 Å². The number of aliphatic hydroxyl groups is 1. The molecule has 2 unspecified atom stereocenters. The highest BCUT2D eigenvalue weighted by Crippen LogP contribution is 2.27. The molecule has 1 N–H and O–H groups in total. The topological polar surface area (TPSA) is 55.8 Å². The standard InChI is InChI=1S/C13H16O4/c1-2-11-9-16-13(15,17-11)8-12(14)10-6-4-3-5-7-10/h3-7,11,15H,2,8-9H2,1H3. The Morgan fingerprint density at radius 2 is 2.18 bits per heavy atom. The lowest BCUT2D eigenvalue weighted by Gasteiger charge is -2.20. The van der Waals surface area contributed by atoms with Crippen molar-refractivity contribution in [2.45, 2.75) is 31.8 Å². The summed E-state index contributed by atoms with van der Waals surface area (Å²) >= 11 is 0. The monoisotopic (exact) mass is 236 g/mol. The van der Waals surface area contributed by atoms with Crippen molar-refractivity contribution in [3.8, 4) is 0 Å². The van der Waals surface area contributed by atoms with E-state index >= 15 is 0 Å². The molecule has 0 spiro atoms. The molecule has 0 aliphatic carbocycles.